The van der Waals surface area contributed by atoms with Crippen molar-refractivity contribution >= 4 is 32.6 Å². The maximum absolute atomic E-state index is 5.21. The molecule has 2 aliphatic carbocycles. The molecule has 0 radical (unpaired) electrons. The van der Waals surface area contributed by atoms with Gasteiger partial charge in [-0.1, -0.05) is 140 Å². The van der Waals surface area contributed by atoms with E-state index < -0.39 is 5.41 Å². The molecule has 0 saturated heterocycles. The van der Waals surface area contributed by atoms with Crippen LogP contribution in [0.1, 0.15) is 22.3 Å². The third-order valence-corrected chi connectivity index (χ3v) is 10.9. The standard InChI is InChI=1S/C47H28N2/c1-2-15-34-32(11-1)28-38(31-12-9-13-33(27-31)42-25-24-30-23-22-29-14-10-26-48-45(29)46(30)49-42)43-37-18-5-8-21-41(37)47(44(34)43)39-19-6-3-16-35(39)36-17-4-7-20-40(36)47/h1-28H. The molecular formula is C47H28N2. The Balaban J connectivity index is 1.21. The molecule has 2 aromatic heterocycles. The first kappa shape index (κ1) is 26.7. The molecule has 0 N–H and O–H groups in total. The molecule has 2 aliphatic rings. The van der Waals surface area contributed by atoms with Crippen LogP contribution in [0, 0.1) is 0 Å². The average molecular weight is 621 g/mol. The molecule has 0 saturated carbocycles. The Kier molecular flexibility index (Phi) is 5.34. The molecule has 9 aromatic rings. The number of hydrogen-bond donors (Lipinski definition) is 0. The van der Waals surface area contributed by atoms with Gasteiger partial charge in [0, 0.05) is 22.5 Å². The monoisotopic (exact) mass is 620 g/mol. The van der Waals surface area contributed by atoms with Gasteiger partial charge in [-0.15, -0.1) is 0 Å². The van der Waals surface area contributed by atoms with E-state index in [1.165, 1.54) is 66.4 Å². The highest BCUT2D eigenvalue weighted by atomic mass is 14.8. The van der Waals surface area contributed by atoms with Crippen LogP contribution in [0.5, 0.6) is 0 Å². The third kappa shape index (κ3) is 3.50. The van der Waals surface area contributed by atoms with E-state index in [0.717, 1.165) is 33.1 Å². The van der Waals surface area contributed by atoms with Gasteiger partial charge in [0.2, 0.25) is 0 Å². The van der Waals surface area contributed by atoms with E-state index in [1.54, 1.807) is 0 Å². The first-order valence-corrected chi connectivity index (χ1v) is 16.9. The Labute approximate surface area is 284 Å². The van der Waals surface area contributed by atoms with Crippen molar-refractivity contribution in [1.82, 2.24) is 9.97 Å². The molecule has 226 valence electrons. The highest BCUT2D eigenvalue weighted by Crippen LogP contribution is 2.65. The fraction of sp³-hybridized carbons (Fsp3) is 0.0213. The molecule has 7 aromatic carbocycles. The van der Waals surface area contributed by atoms with Gasteiger partial charge in [0.25, 0.3) is 0 Å². The maximum atomic E-state index is 5.21. The quantitative estimate of drug-likeness (QED) is 0.180. The second-order valence-electron chi connectivity index (χ2n) is 13.3. The largest absolute Gasteiger partial charge is 0.254 e. The molecule has 0 atom stereocenters. The van der Waals surface area contributed by atoms with Crippen LogP contribution in [0.3, 0.4) is 0 Å². The summed E-state index contributed by atoms with van der Waals surface area (Å²) in [7, 11) is 0. The lowest BCUT2D eigenvalue weighted by Gasteiger charge is -2.31. The number of hydrogen-bond acceptors (Lipinski definition) is 2. The van der Waals surface area contributed by atoms with Crippen LogP contribution in [0.2, 0.25) is 0 Å². The summed E-state index contributed by atoms with van der Waals surface area (Å²) in [6.07, 6.45) is 1.85. The fourth-order valence-electron chi connectivity index (χ4n) is 8.93. The van der Waals surface area contributed by atoms with Crippen molar-refractivity contribution in [3.63, 3.8) is 0 Å². The lowest BCUT2D eigenvalue weighted by atomic mass is 9.69. The fourth-order valence-corrected chi connectivity index (χ4v) is 8.93. The van der Waals surface area contributed by atoms with Gasteiger partial charge in [-0.25, -0.2) is 4.98 Å². The number of pyridine rings is 2. The minimum absolute atomic E-state index is 0.416. The summed E-state index contributed by atoms with van der Waals surface area (Å²) in [5.41, 5.74) is 16.6. The summed E-state index contributed by atoms with van der Waals surface area (Å²) in [5, 5.41) is 4.74. The summed E-state index contributed by atoms with van der Waals surface area (Å²) >= 11 is 0. The summed E-state index contributed by atoms with van der Waals surface area (Å²) in [6, 6.07) is 60.1. The Bertz CT molecular complexity index is 2800. The van der Waals surface area contributed by atoms with Crippen LogP contribution >= 0.6 is 0 Å². The topological polar surface area (TPSA) is 25.8 Å². The van der Waals surface area contributed by atoms with Crippen molar-refractivity contribution in [2.45, 2.75) is 5.41 Å². The van der Waals surface area contributed by atoms with Gasteiger partial charge in [0.15, 0.2) is 0 Å². The normalized spacial score (nSPS) is 13.5. The van der Waals surface area contributed by atoms with Gasteiger partial charge >= 0.3 is 0 Å². The zero-order valence-electron chi connectivity index (χ0n) is 26.6. The molecule has 2 heterocycles. The summed E-state index contributed by atoms with van der Waals surface area (Å²) in [4.78, 5) is 9.92. The van der Waals surface area contributed by atoms with E-state index in [4.69, 9.17) is 9.97 Å². The SMILES string of the molecule is c1cc(-c2ccc3ccc4cccnc4c3n2)cc(-c2cc3ccccc3c3c2-c2ccccc2C32c3ccccc3-c3ccccc32)c1. The molecule has 0 aliphatic heterocycles. The first-order chi connectivity index (χ1) is 24.3. The lowest BCUT2D eigenvalue weighted by molar-refractivity contribution is 0.801. The van der Waals surface area contributed by atoms with Gasteiger partial charge in [-0.05, 0) is 90.7 Å². The van der Waals surface area contributed by atoms with Crippen LogP contribution in [-0.2, 0) is 5.41 Å². The molecule has 1 spiro atoms. The summed E-state index contributed by atoms with van der Waals surface area (Å²) < 4.78 is 0. The highest BCUT2D eigenvalue weighted by molar-refractivity contribution is 6.09. The van der Waals surface area contributed by atoms with E-state index in [2.05, 4.69) is 158 Å². The Hall–Kier alpha value is -6.38. The molecule has 0 bridgehead atoms. The van der Waals surface area contributed by atoms with Gasteiger partial charge in [-0.2, -0.15) is 0 Å². The second-order valence-corrected chi connectivity index (χ2v) is 13.3. The predicted molar refractivity (Wildman–Crippen MR) is 202 cm³/mol. The van der Waals surface area contributed by atoms with Crippen LogP contribution in [0.15, 0.2) is 170 Å². The van der Waals surface area contributed by atoms with Crippen molar-refractivity contribution in [3.05, 3.63) is 192 Å². The van der Waals surface area contributed by atoms with Gasteiger partial charge < -0.3 is 0 Å². The predicted octanol–water partition coefficient (Wildman–Crippen LogP) is 11.6. The molecular weight excluding hydrogens is 593 g/mol. The van der Waals surface area contributed by atoms with Crippen molar-refractivity contribution < 1.29 is 0 Å². The van der Waals surface area contributed by atoms with Gasteiger partial charge in [0.05, 0.1) is 22.1 Å². The van der Waals surface area contributed by atoms with Crippen molar-refractivity contribution in [1.29, 1.82) is 0 Å². The minimum atomic E-state index is -0.416. The van der Waals surface area contributed by atoms with E-state index >= 15 is 0 Å². The van der Waals surface area contributed by atoms with Crippen molar-refractivity contribution in [3.8, 4) is 44.6 Å². The summed E-state index contributed by atoms with van der Waals surface area (Å²) in [6.45, 7) is 0. The third-order valence-electron chi connectivity index (χ3n) is 10.9. The molecule has 0 unspecified atom stereocenters. The molecule has 0 fully saturated rings. The van der Waals surface area contributed by atoms with E-state index in [0.29, 0.717) is 0 Å². The number of benzene rings is 7. The average Bonchev–Trinajstić information content (AvgIpc) is 3.65. The molecule has 0 amide bonds. The highest BCUT2D eigenvalue weighted by Gasteiger charge is 2.52. The lowest BCUT2D eigenvalue weighted by Crippen LogP contribution is -2.26. The van der Waals surface area contributed by atoms with Crippen LogP contribution in [-0.4, -0.2) is 9.97 Å². The minimum Gasteiger partial charge on any atom is -0.254 e. The summed E-state index contributed by atoms with van der Waals surface area (Å²) in [5.74, 6) is 0. The van der Waals surface area contributed by atoms with Gasteiger partial charge in [-0.3, -0.25) is 4.98 Å². The maximum Gasteiger partial charge on any atom is 0.0972 e. The first-order valence-electron chi connectivity index (χ1n) is 16.9. The number of fused-ring (bicyclic) bond motifs is 15. The molecule has 11 rings (SSSR count). The van der Waals surface area contributed by atoms with E-state index in [-0.39, 0.29) is 0 Å². The van der Waals surface area contributed by atoms with Gasteiger partial charge in [0.1, 0.15) is 0 Å². The van der Waals surface area contributed by atoms with Crippen LogP contribution < -0.4 is 0 Å². The number of aromatic nitrogens is 2. The molecule has 2 heteroatoms. The van der Waals surface area contributed by atoms with Crippen molar-refractivity contribution in [2.24, 2.45) is 0 Å². The zero-order valence-corrected chi connectivity index (χ0v) is 26.6. The Morgan fingerprint density at radius 2 is 1.02 bits per heavy atom. The van der Waals surface area contributed by atoms with E-state index in [1.807, 2.05) is 12.3 Å². The Morgan fingerprint density at radius 1 is 0.408 bits per heavy atom. The zero-order chi connectivity index (χ0) is 32.1. The molecule has 2 nitrogen and oxygen atoms in total. The van der Waals surface area contributed by atoms with E-state index in [9.17, 15) is 0 Å². The van der Waals surface area contributed by atoms with Crippen LogP contribution in [0.4, 0.5) is 0 Å². The number of rotatable bonds is 2. The second kappa shape index (κ2) is 9.82. The number of nitrogens with zero attached hydrogens (tertiary/aromatic N) is 2. The molecule has 49 heavy (non-hydrogen) atoms. The van der Waals surface area contributed by atoms with Crippen LogP contribution in [0.25, 0.3) is 77.2 Å². The van der Waals surface area contributed by atoms with Crippen molar-refractivity contribution in [2.75, 3.05) is 0 Å². The smallest absolute Gasteiger partial charge is 0.0972 e. The Morgan fingerprint density at radius 3 is 1.82 bits per heavy atom.